The number of ether oxygens (including phenoxy) is 1. The number of piperidine rings is 1. The first-order chi connectivity index (χ1) is 13.6. The highest BCUT2D eigenvalue weighted by atomic mass is 16.5. The smallest absolute Gasteiger partial charge is 0.122 e. The second-order valence-corrected chi connectivity index (χ2v) is 8.15. The van der Waals surface area contributed by atoms with Crippen LogP contribution in [0.1, 0.15) is 42.5 Å². The first kappa shape index (κ1) is 20.9. The third kappa shape index (κ3) is 5.58. The summed E-state index contributed by atoms with van der Waals surface area (Å²) in [5.74, 6) is 2.90. The van der Waals surface area contributed by atoms with Crippen molar-refractivity contribution in [1.29, 1.82) is 0 Å². The lowest BCUT2D eigenvalue weighted by Crippen LogP contribution is -2.38. The van der Waals surface area contributed by atoms with Crippen molar-refractivity contribution in [3.63, 3.8) is 0 Å². The lowest BCUT2D eigenvalue weighted by Gasteiger charge is -2.34. The maximum Gasteiger partial charge on any atom is 0.122 e. The molecule has 1 aliphatic heterocycles. The molecule has 0 radical (unpaired) electrons. The van der Waals surface area contributed by atoms with Gasteiger partial charge in [0.05, 0.1) is 12.8 Å². The van der Waals surface area contributed by atoms with Crippen molar-refractivity contribution < 1.29 is 4.74 Å². The van der Waals surface area contributed by atoms with Crippen molar-refractivity contribution in [3.05, 3.63) is 47.0 Å². The predicted octanol–water partition coefficient (Wildman–Crippen LogP) is 3.68. The minimum atomic E-state index is 0.789. The molecule has 0 atom stereocenters. The zero-order valence-electron chi connectivity index (χ0n) is 18.0. The number of H-pyrrole nitrogens is 1. The quantitative estimate of drug-likeness (QED) is 0.716. The number of imidazole rings is 1. The second kappa shape index (κ2) is 10.1. The van der Waals surface area contributed by atoms with E-state index >= 15 is 0 Å². The summed E-state index contributed by atoms with van der Waals surface area (Å²) in [7, 11) is 3.99. The number of nitrogens with one attached hydrogen (secondary N) is 1. The van der Waals surface area contributed by atoms with Gasteiger partial charge in [-0.05, 0) is 63.9 Å². The van der Waals surface area contributed by atoms with Crippen LogP contribution in [0.3, 0.4) is 0 Å². The lowest BCUT2D eigenvalue weighted by molar-refractivity contribution is 0.152. The van der Waals surface area contributed by atoms with Gasteiger partial charge in [-0.1, -0.05) is 25.1 Å². The predicted molar refractivity (Wildman–Crippen MR) is 115 cm³/mol. The first-order valence-corrected chi connectivity index (χ1v) is 10.7. The highest BCUT2D eigenvalue weighted by Gasteiger charge is 2.21. The number of hydrogen-bond acceptors (Lipinski definition) is 4. The number of aromatic amines is 1. The molecule has 28 heavy (non-hydrogen) atoms. The number of rotatable bonds is 9. The van der Waals surface area contributed by atoms with Crippen LogP contribution < -0.4 is 4.74 Å². The Balaban J connectivity index is 1.40. The third-order valence-electron chi connectivity index (χ3n) is 5.96. The van der Waals surface area contributed by atoms with Gasteiger partial charge in [0, 0.05) is 31.7 Å². The van der Waals surface area contributed by atoms with Gasteiger partial charge in [0.25, 0.3) is 0 Å². The Kier molecular flexibility index (Phi) is 7.51. The molecule has 154 valence electrons. The van der Waals surface area contributed by atoms with Crippen LogP contribution in [-0.4, -0.2) is 60.1 Å². The molecule has 1 aromatic heterocycles. The van der Waals surface area contributed by atoms with E-state index in [1.165, 1.54) is 42.9 Å². The van der Waals surface area contributed by atoms with Gasteiger partial charge in [0.15, 0.2) is 0 Å². The standard InChI is InChI=1S/C23H36N4O/c1-5-23-24-18(2)21(25-23)17-26(3)16-19-10-13-27(14-11-19)15-12-20-8-6-7-9-22(20)28-4/h6-9,19H,5,10-17H2,1-4H3,(H,24,25). The van der Waals surface area contributed by atoms with Crippen molar-refractivity contribution in [2.45, 2.75) is 46.1 Å². The van der Waals surface area contributed by atoms with Crippen LogP contribution in [0.4, 0.5) is 0 Å². The minimum Gasteiger partial charge on any atom is -0.496 e. The molecule has 5 heteroatoms. The highest BCUT2D eigenvalue weighted by Crippen LogP contribution is 2.22. The van der Waals surface area contributed by atoms with Gasteiger partial charge in [-0.25, -0.2) is 4.98 Å². The van der Waals surface area contributed by atoms with Gasteiger partial charge in [-0.15, -0.1) is 0 Å². The molecule has 1 aliphatic rings. The molecule has 1 saturated heterocycles. The summed E-state index contributed by atoms with van der Waals surface area (Å²) < 4.78 is 5.48. The number of benzene rings is 1. The molecule has 0 saturated carbocycles. The van der Waals surface area contributed by atoms with E-state index in [1.54, 1.807) is 7.11 Å². The molecule has 0 aliphatic carbocycles. The number of para-hydroxylation sites is 1. The van der Waals surface area contributed by atoms with E-state index in [0.717, 1.165) is 50.0 Å². The van der Waals surface area contributed by atoms with Gasteiger partial charge < -0.3 is 19.5 Å². The summed E-state index contributed by atoms with van der Waals surface area (Å²) in [4.78, 5) is 13.2. The average molecular weight is 385 g/mol. The summed E-state index contributed by atoms with van der Waals surface area (Å²) >= 11 is 0. The molecule has 0 bridgehead atoms. The van der Waals surface area contributed by atoms with Crippen LogP contribution in [0.25, 0.3) is 0 Å². The SMILES string of the molecule is CCc1nc(CN(C)CC2CCN(CCc3ccccc3OC)CC2)c(C)[nH]1. The van der Waals surface area contributed by atoms with E-state index in [0.29, 0.717) is 0 Å². The normalized spacial score (nSPS) is 16.0. The van der Waals surface area contributed by atoms with Crippen molar-refractivity contribution in [2.24, 2.45) is 5.92 Å². The lowest BCUT2D eigenvalue weighted by atomic mass is 9.96. The van der Waals surface area contributed by atoms with E-state index in [-0.39, 0.29) is 0 Å². The summed E-state index contributed by atoms with van der Waals surface area (Å²) in [5.41, 5.74) is 3.73. The fourth-order valence-corrected chi connectivity index (χ4v) is 4.23. The topological polar surface area (TPSA) is 44.4 Å². The van der Waals surface area contributed by atoms with Crippen molar-refractivity contribution >= 4 is 0 Å². The number of nitrogens with zero attached hydrogens (tertiary/aromatic N) is 3. The molecule has 1 fully saturated rings. The fraction of sp³-hybridized carbons (Fsp3) is 0.609. The van der Waals surface area contributed by atoms with Gasteiger partial charge in [-0.2, -0.15) is 0 Å². The van der Waals surface area contributed by atoms with Gasteiger partial charge in [-0.3, -0.25) is 0 Å². The zero-order chi connectivity index (χ0) is 19.9. The number of aryl methyl sites for hydroxylation is 2. The molecule has 1 N–H and O–H groups in total. The van der Waals surface area contributed by atoms with Gasteiger partial charge in [0.1, 0.15) is 11.6 Å². The van der Waals surface area contributed by atoms with E-state index in [9.17, 15) is 0 Å². The third-order valence-corrected chi connectivity index (χ3v) is 5.96. The Labute approximate surface area is 170 Å². The molecule has 1 aromatic carbocycles. The maximum atomic E-state index is 5.48. The van der Waals surface area contributed by atoms with E-state index in [1.807, 2.05) is 6.07 Å². The van der Waals surface area contributed by atoms with E-state index < -0.39 is 0 Å². The molecule has 0 amide bonds. The molecule has 0 unspecified atom stereocenters. The fourth-order valence-electron chi connectivity index (χ4n) is 4.23. The van der Waals surface area contributed by atoms with Gasteiger partial charge >= 0.3 is 0 Å². The zero-order valence-corrected chi connectivity index (χ0v) is 18.0. The Hall–Kier alpha value is -1.85. The van der Waals surface area contributed by atoms with Crippen LogP contribution in [0.15, 0.2) is 24.3 Å². The Morgan fingerprint density at radius 3 is 2.68 bits per heavy atom. The second-order valence-electron chi connectivity index (χ2n) is 8.15. The van der Waals surface area contributed by atoms with Crippen LogP contribution in [-0.2, 0) is 19.4 Å². The summed E-state index contributed by atoms with van der Waals surface area (Å²) in [6, 6.07) is 8.38. The summed E-state index contributed by atoms with van der Waals surface area (Å²) in [5, 5.41) is 0. The first-order valence-electron chi connectivity index (χ1n) is 10.7. The van der Waals surface area contributed by atoms with Crippen LogP contribution in [0, 0.1) is 12.8 Å². The van der Waals surface area contributed by atoms with Crippen LogP contribution >= 0.6 is 0 Å². The molecule has 5 nitrogen and oxygen atoms in total. The molecule has 0 spiro atoms. The monoisotopic (exact) mass is 384 g/mol. The largest absolute Gasteiger partial charge is 0.496 e. The summed E-state index contributed by atoms with van der Waals surface area (Å²) in [6.07, 6.45) is 4.61. The van der Waals surface area contributed by atoms with Crippen molar-refractivity contribution in [1.82, 2.24) is 19.8 Å². The van der Waals surface area contributed by atoms with Crippen LogP contribution in [0.2, 0.25) is 0 Å². The molecular weight excluding hydrogens is 348 g/mol. The number of methoxy groups -OCH3 is 1. The average Bonchev–Trinajstić information content (AvgIpc) is 3.07. The summed E-state index contributed by atoms with van der Waals surface area (Å²) in [6.45, 7) is 9.91. The van der Waals surface area contributed by atoms with Crippen molar-refractivity contribution in [2.75, 3.05) is 40.3 Å². The molecule has 3 rings (SSSR count). The Morgan fingerprint density at radius 2 is 2.00 bits per heavy atom. The number of hydrogen-bond donors (Lipinski definition) is 1. The van der Waals surface area contributed by atoms with Gasteiger partial charge in [0.2, 0.25) is 0 Å². The highest BCUT2D eigenvalue weighted by molar-refractivity contribution is 5.33. The van der Waals surface area contributed by atoms with E-state index in [2.05, 4.69) is 53.9 Å². The van der Waals surface area contributed by atoms with Crippen molar-refractivity contribution in [3.8, 4) is 5.75 Å². The number of likely N-dealkylation sites (tertiary alicyclic amines) is 1. The Morgan fingerprint density at radius 1 is 1.25 bits per heavy atom. The molecular formula is C23H36N4O. The van der Waals surface area contributed by atoms with Crippen LogP contribution in [0.5, 0.6) is 5.75 Å². The molecule has 2 aromatic rings. The van der Waals surface area contributed by atoms with E-state index in [4.69, 9.17) is 9.72 Å². The Bertz CT molecular complexity index is 734. The maximum absolute atomic E-state index is 5.48. The minimum absolute atomic E-state index is 0.789. The molecule has 2 heterocycles. The number of aromatic nitrogens is 2.